The van der Waals surface area contributed by atoms with Crippen molar-refractivity contribution in [2.45, 2.75) is 16.2 Å². The molecule has 3 heterocycles. The molecule has 0 nitrogen and oxygen atoms in total. The predicted molar refractivity (Wildman–Crippen MR) is 290 cm³/mol. The van der Waals surface area contributed by atoms with Gasteiger partial charge in [-0.2, -0.15) is 0 Å². The summed E-state index contributed by atoms with van der Waals surface area (Å²) in [4.78, 5) is 0. The van der Waals surface area contributed by atoms with E-state index in [0.29, 0.717) is 0 Å². The van der Waals surface area contributed by atoms with E-state index in [1.54, 1.807) is 0 Å². The summed E-state index contributed by atoms with van der Waals surface area (Å²) in [5, 5.41) is 0. The van der Waals surface area contributed by atoms with Gasteiger partial charge in [0.05, 0.1) is 16.2 Å². The molecule has 0 radical (unpaired) electrons. The average Bonchev–Trinajstić information content (AvgIpc) is 3.45. The normalized spacial score (nSPS) is 14.9. The molecule has 0 saturated heterocycles. The van der Waals surface area contributed by atoms with Gasteiger partial charge in [-0.05, 0) is 89.0 Å². The van der Waals surface area contributed by atoms with Crippen LogP contribution in [0.2, 0.25) is 0 Å². The smallest absolute Gasteiger partial charge is 0.0622 e. The summed E-state index contributed by atoms with van der Waals surface area (Å²) in [6, 6.07) is 108. The van der Waals surface area contributed by atoms with E-state index in [0.717, 1.165) is 0 Å². The molecule has 0 atom stereocenters. The van der Waals surface area contributed by atoms with E-state index < -0.39 is 16.2 Å². The zero-order valence-electron chi connectivity index (χ0n) is 38.7. The van der Waals surface area contributed by atoms with E-state index in [-0.39, 0.29) is 6.71 Å². The van der Waals surface area contributed by atoms with Gasteiger partial charge in [0.1, 0.15) is 0 Å². The summed E-state index contributed by atoms with van der Waals surface area (Å²) >= 11 is 0. The van der Waals surface area contributed by atoms with Gasteiger partial charge in [0.25, 0.3) is 0 Å². The molecule has 0 spiro atoms. The van der Waals surface area contributed by atoms with Gasteiger partial charge in [0.2, 0.25) is 6.71 Å². The van der Waals surface area contributed by atoms with Crippen molar-refractivity contribution in [2.75, 3.05) is 0 Å². The highest BCUT2D eigenvalue weighted by Gasteiger charge is 2.61. The molecule has 326 valence electrons. The fraction of sp³-hybridized carbons (Fsp3) is 0.0435. The molecule has 0 fully saturated rings. The lowest BCUT2D eigenvalue weighted by atomic mass is 9.22. The van der Waals surface area contributed by atoms with Crippen molar-refractivity contribution in [3.05, 3.63) is 352 Å². The van der Waals surface area contributed by atoms with Gasteiger partial charge in [-0.1, -0.05) is 302 Å². The maximum absolute atomic E-state index is 2.59. The molecule has 3 aliphatic heterocycles. The van der Waals surface area contributed by atoms with E-state index in [1.807, 2.05) is 0 Å². The molecule has 0 aliphatic carbocycles. The van der Waals surface area contributed by atoms with Crippen LogP contribution < -0.4 is 16.4 Å². The lowest BCUT2D eigenvalue weighted by Gasteiger charge is -2.56. The van der Waals surface area contributed by atoms with Gasteiger partial charge in [-0.15, -0.1) is 0 Å². The molecular weight excluding hydrogens is 840 g/mol. The highest BCUT2D eigenvalue weighted by Crippen LogP contribution is 2.57. The summed E-state index contributed by atoms with van der Waals surface area (Å²) in [6.07, 6.45) is 0. The summed E-state index contributed by atoms with van der Waals surface area (Å²) in [7, 11) is 0. The monoisotopic (exact) mass is 886 g/mol. The zero-order chi connectivity index (χ0) is 46.3. The van der Waals surface area contributed by atoms with E-state index in [9.17, 15) is 0 Å². The average molecular weight is 887 g/mol. The summed E-state index contributed by atoms with van der Waals surface area (Å²) in [6.45, 7) is -0.0569. The predicted octanol–water partition coefficient (Wildman–Crippen LogP) is 13.6. The molecule has 14 rings (SSSR count). The minimum absolute atomic E-state index is 0.0569. The van der Waals surface area contributed by atoms with Crippen LogP contribution in [0.1, 0.15) is 66.8 Å². The summed E-state index contributed by atoms with van der Waals surface area (Å²) in [5.41, 5.74) is 22.6. The Hall–Kier alpha value is -8.52. The second kappa shape index (κ2) is 15.8. The van der Waals surface area contributed by atoms with E-state index in [1.165, 1.54) is 105 Å². The first-order valence-corrected chi connectivity index (χ1v) is 24.7. The summed E-state index contributed by atoms with van der Waals surface area (Å²) in [5.74, 6) is 0. The Bertz CT molecular complexity index is 3430. The van der Waals surface area contributed by atoms with Crippen molar-refractivity contribution in [1.29, 1.82) is 0 Å². The Labute approximate surface area is 411 Å². The van der Waals surface area contributed by atoms with Crippen LogP contribution in [0.3, 0.4) is 0 Å². The fourth-order valence-electron chi connectivity index (χ4n) is 13.7. The maximum atomic E-state index is 2.59. The first-order valence-electron chi connectivity index (χ1n) is 24.7. The Morgan fingerprint density at radius 2 is 0.414 bits per heavy atom. The van der Waals surface area contributed by atoms with Gasteiger partial charge in [0, 0.05) is 0 Å². The second-order valence-electron chi connectivity index (χ2n) is 19.3. The van der Waals surface area contributed by atoms with Crippen LogP contribution in [0.15, 0.2) is 285 Å². The Balaban J connectivity index is 1.24. The van der Waals surface area contributed by atoms with Crippen LogP contribution in [-0.4, -0.2) is 6.71 Å². The topological polar surface area (TPSA) is 0 Å². The molecule has 0 saturated carbocycles. The molecule has 11 aromatic rings. The number of hydrogen-bond acceptors (Lipinski definition) is 0. The zero-order valence-corrected chi connectivity index (χ0v) is 38.7. The third kappa shape index (κ3) is 5.44. The van der Waals surface area contributed by atoms with Crippen molar-refractivity contribution in [2.24, 2.45) is 0 Å². The Morgan fingerprint density at radius 3 is 0.714 bits per heavy atom. The van der Waals surface area contributed by atoms with Gasteiger partial charge in [0.15, 0.2) is 0 Å². The van der Waals surface area contributed by atoms with E-state index in [4.69, 9.17) is 0 Å². The SMILES string of the molecule is c1ccc(-c2ccc(-c3cc4c5c(c3)C(c3ccccc3)(c3ccccc3)c3cccc6c3B5c3c(cccc3C4(c3ccccc3)c3ccccc3)C6(c3ccccc3)c3ccccc3)cc2)cc1. The number of benzene rings is 11. The van der Waals surface area contributed by atoms with E-state index >= 15 is 0 Å². The third-order valence-corrected chi connectivity index (χ3v) is 16.2. The fourth-order valence-corrected chi connectivity index (χ4v) is 13.7. The first kappa shape index (κ1) is 40.5. The minimum atomic E-state index is -0.712. The van der Waals surface area contributed by atoms with Crippen LogP contribution in [-0.2, 0) is 16.2 Å². The van der Waals surface area contributed by atoms with Gasteiger partial charge < -0.3 is 0 Å². The van der Waals surface area contributed by atoms with Crippen molar-refractivity contribution >= 4 is 23.1 Å². The second-order valence-corrected chi connectivity index (χ2v) is 19.3. The Morgan fingerprint density at radius 1 is 0.186 bits per heavy atom. The van der Waals surface area contributed by atoms with Crippen LogP contribution in [0.25, 0.3) is 22.3 Å². The van der Waals surface area contributed by atoms with Crippen molar-refractivity contribution in [1.82, 2.24) is 0 Å². The number of rotatable bonds is 8. The highest BCUT2D eigenvalue weighted by molar-refractivity contribution is 6.98. The molecule has 70 heavy (non-hydrogen) atoms. The molecule has 11 aromatic carbocycles. The van der Waals surface area contributed by atoms with Crippen molar-refractivity contribution < 1.29 is 0 Å². The molecule has 0 aromatic heterocycles. The molecule has 0 amide bonds. The quantitative estimate of drug-likeness (QED) is 0.133. The van der Waals surface area contributed by atoms with Crippen LogP contribution >= 0.6 is 0 Å². The third-order valence-electron chi connectivity index (χ3n) is 16.2. The lowest BCUT2D eigenvalue weighted by molar-refractivity contribution is 0.697. The molecular formula is C69H47B. The largest absolute Gasteiger partial charge is 0.243 e. The summed E-state index contributed by atoms with van der Waals surface area (Å²) < 4.78 is 0. The molecule has 3 aliphatic rings. The molecule has 0 N–H and O–H groups in total. The Kier molecular flexibility index (Phi) is 9.14. The van der Waals surface area contributed by atoms with Gasteiger partial charge in [-0.3, -0.25) is 0 Å². The lowest BCUT2D eigenvalue weighted by Crippen LogP contribution is -2.73. The van der Waals surface area contributed by atoms with Gasteiger partial charge >= 0.3 is 0 Å². The molecule has 0 unspecified atom stereocenters. The maximum Gasteiger partial charge on any atom is 0.243 e. The van der Waals surface area contributed by atoms with E-state index in [2.05, 4.69) is 285 Å². The van der Waals surface area contributed by atoms with Crippen LogP contribution in [0.5, 0.6) is 0 Å². The van der Waals surface area contributed by atoms with Crippen LogP contribution in [0, 0.1) is 0 Å². The first-order chi connectivity index (χ1) is 34.7. The minimum Gasteiger partial charge on any atom is -0.0622 e. The molecule has 1 heteroatoms. The van der Waals surface area contributed by atoms with Gasteiger partial charge in [-0.25, -0.2) is 0 Å². The van der Waals surface area contributed by atoms with Crippen molar-refractivity contribution in [3.63, 3.8) is 0 Å². The van der Waals surface area contributed by atoms with Crippen LogP contribution in [0.4, 0.5) is 0 Å². The standard InChI is InChI=1S/C69H47B/c1-8-24-48(25-9-1)49-42-44-50(45-43-49)51-46-62-66-63(47-51)69(56-34-18-6-19-35-56,57-36-20-7-21-37-57)61-41-23-39-59-65(61)70(66)64-58(67(59,52-26-10-2-11-27-52)53-28-12-3-13-29-53)38-22-40-60(64)68(62,54-30-14-4-15-31-54)55-32-16-5-17-33-55/h1-47H. The number of hydrogen-bond donors (Lipinski definition) is 0. The molecule has 0 bridgehead atoms. The van der Waals surface area contributed by atoms with Crippen molar-refractivity contribution in [3.8, 4) is 22.3 Å². The highest BCUT2D eigenvalue weighted by atomic mass is 14.6.